The summed E-state index contributed by atoms with van der Waals surface area (Å²) in [6.07, 6.45) is 0. The first-order valence-corrected chi connectivity index (χ1v) is 5.63. The van der Waals surface area contributed by atoms with Gasteiger partial charge >= 0.3 is 0 Å². The minimum atomic E-state index is -0.170. The highest BCUT2D eigenvalue weighted by atomic mass is 35.5. The predicted molar refractivity (Wildman–Crippen MR) is 67.9 cm³/mol. The molecule has 2 aromatic carbocycles. The van der Waals surface area contributed by atoms with Crippen LogP contribution in [0.5, 0.6) is 0 Å². The molecular formula is C14H11ClNO. The van der Waals surface area contributed by atoms with Gasteiger partial charge in [-0.25, -0.2) is 0 Å². The van der Waals surface area contributed by atoms with E-state index < -0.39 is 0 Å². The van der Waals surface area contributed by atoms with Crippen molar-refractivity contribution in [1.29, 1.82) is 0 Å². The lowest BCUT2D eigenvalue weighted by molar-refractivity contribution is 0.0950. The quantitative estimate of drug-likeness (QED) is 0.883. The molecule has 0 saturated carbocycles. The van der Waals surface area contributed by atoms with Gasteiger partial charge in [0.05, 0.1) is 0 Å². The van der Waals surface area contributed by atoms with Crippen molar-refractivity contribution in [2.24, 2.45) is 0 Å². The SMILES string of the molecule is O=C(NCc1ccccc1)c1[c]ccc(Cl)c1. The highest BCUT2D eigenvalue weighted by Crippen LogP contribution is 2.10. The monoisotopic (exact) mass is 244 g/mol. The standard InChI is InChI=1S/C14H11ClNO/c15-13-8-4-7-12(9-13)14(17)16-10-11-5-2-1-3-6-11/h1-6,8-9H,10H2,(H,16,17). The van der Waals surface area contributed by atoms with E-state index in [0.29, 0.717) is 17.1 Å². The minimum Gasteiger partial charge on any atom is -0.348 e. The van der Waals surface area contributed by atoms with Gasteiger partial charge in [-0.15, -0.1) is 0 Å². The maximum Gasteiger partial charge on any atom is 0.252 e. The fraction of sp³-hybridized carbons (Fsp3) is 0.0714. The molecule has 0 spiro atoms. The molecule has 2 rings (SSSR count). The van der Waals surface area contributed by atoms with Crippen LogP contribution >= 0.6 is 11.6 Å². The number of carbonyl (C=O) groups excluding carboxylic acids is 1. The third-order valence-corrected chi connectivity index (χ3v) is 2.54. The second-order valence-corrected chi connectivity index (χ2v) is 4.03. The molecule has 0 saturated heterocycles. The number of amides is 1. The zero-order valence-corrected chi connectivity index (χ0v) is 9.87. The number of benzene rings is 2. The lowest BCUT2D eigenvalue weighted by Gasteiger charge is -2.05. The summed E-state index contributed by atoms with van der Waals surface area (Å²) < 4.78 is 0. The molecule has 1 radical (unpaired) electrons. The van der Waals surface area contributed by atoms with E-state index in [0.717, 1.165) is 5.56 Å². The Morgan fingerprint density at radius 3 is 2.71 bits per heavy atom. The average Bonchev–Trinajstić information content (AvgIpc) is 2.37. The zero-order valence-electron chi connectivity index (χ0n) is 9.11. The van der Waals surface area contributed by atoms with Crippen LogP contribution in [0.2, 0.25) is 5.02 Å². The summed E-state index contributed by atoms with van der Waals surface area (Å²) >= 11 is 5.81. The lowest BCUT2D eigenvalue weighted by Crippen LogP contribution is -2.22. The van der Waals surface area contributed by atoms with Crippen molar-refractivity contribution in [2.75, 3.05) is 0 Å². The van der Waals surface area contributed by atoms with E-state index in [4.69, 9.17) is 11.6 Å². The van der Waals surface area contributed by atoms with Crippen molar-refractivity contribution in [2.45, 2.75) is 6.54 Å². The molecule has 0 aliphatic rings. The first kappa shape index (κ1) is 11.7. The van der Waals surface area contributed by atoms with Crippen LogP contribution in [0.1, 0.15) is 15.9 Å². The zero-order chi connectivity index (χ0) is 12.1. The number of halogens is 1. The van der Waals surface area contributed by atoms with E-state index in [9.17, 15) is 4.79 Å². The molecule has 0 unspecified atom stereocenters. The van der Waals surface area contributed by atoms with Crippen LogP contribution in [0.15, 0.2) is 48.5 Å². The number of carbonyl (C=O) groups is 1. The van der Waals surface area contributed by atoms with Crippen LogP contribution in [0.3, 0.4) is 0 Å². The Bertz CT molecular complexity index is 511. The van der Waals surface area contributed by atoms with Crippen molar-refractivity contribution in [3.05, 3.63) is 70.7 Å². The highest BCUT2D eigenvalue weighted by Gasteiger charge is 2.05. The lowest BCUT2D eigenvalue weighted by atomic mass is 10.2. The van der Waals surface area contributed by atoms with Crippen LogP contribution in [0, 0.1) is 6.07 Å². The number of hydrogen-bond acceptors (Lipinski definition) is 1. The van der Waals surface area contributed by atoms with Gasteiger partial charge in [-0.05, 0) is 23.8 Å². The van der Waals surface area contributed by atoms with Gasteiger partial charge in [0.15, 0.2) is 0 Å². The minimum absolute atomic E-state index is 0.170. The molecule has 85 valence electrons. The predicted octanol–water partition coefficient (Wildman–Crippen LogP) is 3.07. The van der Waals surface area contributed by atoms with Crippen LogP contribution in [0.4, 0.5) is 0 Å². The van der Waals surface area contributed by atoms with E-state index in [1.54, 1.807) is 18.2 Å². The number of rotatable bonds is 3. The molecule has 2 nitrogen and oxygen atoms in total. The molecule has 17 heavy (non-hydrogen) atoms. The van der Waals surface area contributed by atoms with Crippen molar-refractivity contribution >= 4 is 17.5 Å². The third kappa shape index (κ3) is 3.33. The Kier molecular flexibility index (Phi) is 3.78. The van der Waals surface area contributed by atoms with Gasteiger partial charge in [-0.2, -0.15) is 0 Å². The van der Waals surface area contributed by atoms with Gasteiger partial charge in [-0.1, -0.05) is 48.0 Å². The van der Waals surface area contributed by atoms with Gasteiger partial charge in [-0.3, -0.25) is 4.79 Å². The summed E-state index contributed by atoms with van der Waals surface area (Å²) in [5, 5.41) is 3.35. The highest BCUT2D eigenvalue weighted by molar-refractivity contribution is 6.30. The number of nitrogens with one attached hydrogen (secondary N) is 1. The van der Waals surface area contributed by atoms with E-state index >= 15 is 0 Å². The Balaban J connectivity index is 1.98. The van der Waals surface area contributed by atoms with E-state index in [2.05, 4.69) is 11.4 Å². The summed E-state index contributed by atoms with van der Waals surface area (Å²) in [4.78, 5) is 11.8. The van der Waals surface area contributed by atoms with E-state index in [-0.39, 0.29) is 5.91 Å². The van der Waals surface area contributed by atoms with Gasteiger partial charge in [0.25, 0.3) is 5.91 Å². The van der Waals surface area contributed by atoms with Crippen molar-refractivity contribution in [3.63, 3.8) is 0 Å². The summed E-state index contributed by atoms with van der Waals surface area (Å²) in [6.45, 7) is 0.500. The van der Waals surface area contributed by atoms with Crippen molar-refractivity contribution in [1.82, 2.24) is 5.32 Å². The molecule has 3 heteroatoms. The molecule has 0 aliphatic carbocycles. The van der Waals surface area contributed by atoms with Gasteiger partial charge in [0.2, 0.25) is 0 Å². The molecule has 1 amide bonds. The van der Waals surface area contributed by atoms with E-state index in [1.807, 2.05) is 30.3 Å². The Morgan fingerprint density at radius 2 is 2.00 bits per heavy atom. The van der Waals surface area contributed by atoms with Crippen LogP contribution in [0.25, 0.3) is 0 Å². The normalized spacial score (nSPS) is 9.94. The summed E-state index contributed by atoms with van der Waals surface area (Å²) in [6, 6.07) is 17.5. The molecule has 0 atom stereocenters. The van der Waals surface area contributed by atoms with Gasteiger partial charge < -0.3 is 5.32 Å². The maximum absolute atomic E-state index is 11.8. The fourth-order valence-electron chi connectivity index (χ4n) is 1.44. The smallest absolute Gasteiger partial charge is 0.252 e. The van der Waals surface area contributed by atoms with Crippen LogP contribution in [-0.4, -0.2) is 5.91 Å². The van der Waals surface area contributed by atoms with Crippen LogP contribution < -0.4 is 5.32 Å². The van der Waals surface area contributed by atoms with Crippen LogP contribution in [-0.2, 0) is 6.54 Å². The van der Waals surface area contributed by atoms with Crippen molar-refractivity contribution in [3.8, 4) is 0 Å². The first-order valence-electron chi connectivity index (χ1n) is 5.25. The molecule has 0 fully saturated rings. The molecule has 0 aliphatic heterocycles. The topological polar surface area (TPSA) is 29.1 Å². The van der Waals surface area contributed by atoms with Gasteiger partial charge in [0.1, 0.15) is 0 Å². The second-order valence-electron chi connectivity index (χ2n) is 3.59. The van der Waals surface area contributed by atoms with E-state index in [1.165, 1.54) is 0 Å². The third-order valence-electron chi connectivity index (χ3n) is 2.30. The largest absolute Gasteiger partial charge is 0.348 e. The summed E-state index contributed by atoms with van der Waals surface area (Å²) in [5.74, 6) is -0.170. The Morgan fingerprint density at radius 1 is 1.24 bits per heavy atom. The molecule has 0 bridgehead atoms. The molecular weight excluding hydrogens is 234 g/mol. The molecule has 0 aromatic heterocycles. The first-order chi connectivity index (χ1) is 8.25. The number of hydrogen-bond donors (Lipinski definition) is 1. The summed E-state index contributed by atoms with van der Waals surface area (Å²) in [7, 11) is 0. The molecule has 2 aromatic rings. The maximum atomic E-state index is 11.8. The molecule has 0 heterocycles. The second kappa shape index (κ2) is 5.51. The van der Waals surface area contributed by atoms with Gasteiger partial charge in [0, 0.05) is 17.1 Å². The Labute approximate surface area is 105 Å². The average molecular weight is 245 g/mol. The molecule has 1 N–H and O–H groups in total. The Hall–Kier alpha value is -1.80. The summed E-state index contributed by atoms with van der Waals surface area (Å²) in [5.41, 5.74) is 1.51. The fourth-order valence-corrected chi connectivity index (χ4v) is 1.62. The van der Waals surface area contributed by atoms with Crippen molar-refractivity contribution < 1.29 is 4.79 Å².